The van der Waals surface area contributed by atoms with Gasteiger partial charge in [0.1, 0.15) is 5.75 Å². The number of hydrogen-bond donors (Lipinski definition) is 4. The number of sulfonamides is 1. The van der Waals surface area contributed by atoms with E-state index in [1.807, 2.05) is 49.1 Å². The van der Waals surface area contributed by atoms with Crippen LogP contribution in [0.5, 0.6) is 5.75 Å². The molecule has 4 rings (SSSR count). The highest BCUT2D eigenvalue weighted by atomic mass is 32.2. The molecule has 4 N–H and O–H groups in total. The summed E-state index contributed by atoms with van der Waals surface area (Å²) >= 11 is 0. The Morgan fingerprint density at radius 3 is 2.29 bits per heavy atom. The third-order valence-corrected chi connectivity index (χ3v) is 9.57. The zero-order valence-corrected chi connectivity index (χ0v) is 24.3. The number of nitrogens with zero attached hydrogens (tertiary/aromatic N) is 1. The van der Waals surface area contributed by atoms with Gasteiger partial charge < -0.3 is 25.0 Å². The van der Waals surface area contributed by atoms with E-state index < -0.39 is 51.6 Å². The van der Waals surface area contributed by atoms with Crippen LogP contribution in [0.3, 0.4) is 0 Å². The second-order valence-electron chi connectivity index (χ2n) is 11.4. The van der Waals surface area contributed by atoms with E-state index in [0.29, 0.717) is 31.7 Å². The summed E-state index contributed by atoms with van der Waals surface area (Å²) in [7, 11) is -2.26. The number of cyclic esters (lactones) is 1. The Labute approximate surface area is 240 Å². The molecule has 12 heteroatoms. The summed E-state index contributed by atoms with van der Waals surface area (Å²) in [5, 5.41) is 23.8. The summed E-state index contributed by atoms with van der Waals surface area (Å²) in [5.74, 6) is -0.591. The average Bonchev–Trinajstić information content (AvgIpc) is 3.21. The Balaban J connectivity index is 1.54. The van der Waals surface area contributed by atoms with E-state index in [0.717, 1.165) is 5.56 Å². The highest BCUT2D eigenvalue weighted by Crippen LogP contribution is 2.41. The predicted molar refractivity (Wildman–Crippen MR) is 151 cm³/mol. The smallest absolute Gasteiger partial charge is 0.404 e. The molecule has 0 radical (unpaired) electrons. The van der Waals surface area contributed by atoms with Crippen molar-refractivity contribution in [3.8, 4) is 5.75 Å². The Hall–Kier alpha value is -3.19. The van der Waals surface area contributed by atoms with Gasteiger partial charge in [0.25, 0.3) is 0 Å². The molecule has 2 aromatic carbocycles. The van der Waals surface area contributed by atoms with Crippen molar-refractivity contribution in [2.75, 3.05) is 26.8 Å². The van der Waals surface area contributed by atoms with Crippen LogP contribution in [0.2, 0.25) is 0 Å². The van der Waals surface area contributed by atoms with Gasteiger partial charge in [0.05, 0.1) is 42.7 Å². The molecule has 4 atom stereocenters. The number of rotatable bonds is 11. The highest BCUT2D eigenvalue weighted by molar-refractivity contribution is 7.89. The third-order valence-electron chi connectivity index (χ3n) is 8.04. The van der Waals surface area contributed by atoms with E-state index in [-0.39, 0.29) is 24.0 Å². The van der Waals surface area contributed by atoms with Crippen LogP contribution in [0.25, 0.3) is 0 Å². The lowest BCUT2D eigenvalue weighted by Gasteiger charge is -2.45. The lowest BCUT2D eigenvalue weighted by molar-refractivity contribution is -0.146. The predicted octanol–water partition coefficient (Wildman–Crippen LogP) is 2.25. The van der Waals surface area contributed by atoms with E-state index >= 15 is 0 Å². The molecule has 2 aromatic rings. The molecule has 2 saturated heterocycles. The number of aliphatic hydroxyl groups excluding tert-OH is 1. The molecule has 224 valence electrons. The first-order valence-corrected chi connectivity index (χ1v) is 15.2. The zero-order chi connectivity index (χ0) is 29.8. The largest absolute Gasteiger partial charge is 0.497 e. The van der Waals surface area contributed by atoms with Gasteiger partial charge in [-0.1, -0.05) is 44.2 Å². The van der Waals surface area contributed by atoms with Crippen molar-refractivity contribution in [2.45, 2.75) is 62.2 Å². The minimum atomic E-state index is -3.77. The van der Waals surface area contributed by atoms with E-state index in [1.165, 1.54) is 19.2 Å². The van der Waals surface area contributed by atoms with E-state index in [2.05, 4.69) is 10.0 Å². The van der Waals surface area contributed by atoms with Crippen LogP contribution in [-0.2, 0) is 26.0 Å². The average molecular weight is 590 g/mol. The second kappa shape index (κ2) is 12.8. The number of carbonyl (C=O) groups excluding carboxylic acids is 1. The number of methoxy groups -OCH3 is 1. The summed E-state index contributed by atoms with van der Waals surface area (Å²) < 4.78 is 39.3. The molecule has 0 bridgehead atoms. The second-order valence-corrected chi connectivity index (χ2v) is 13.1. The number of piperidine rings is 1. The zero-order valence-electron chi connectivity index (χ0n) is 23.5. The number of benzene rings is 2. The van der Waals surface area contributed by atoms with E-state index in [9.17, 15) is 28.2 Å². The molecule has 1 amide bonds. The maximum Gasteiger partial charge on any atom is 0.404 e. The molecule has 0 saturated carbocycles. The Morgan fingerprint density at radius 2 is 1.76 bits per heavy atom. The molecule has 2 heterocycles. The van der Waals surface area contributed by atoms with Gasteiger partial charge in [0.15, 0.2) is 0 Å². The lowest BCUT2D eigenvalue weighted by Crippen LogP contribution is -2.62. The minimum absolute atomic E-state index is 0.132. The van der Waals surface area contributed by atoms with Crippen molar-refractivity contribution in [3.63, 3.8) is 0 Å². The number of carboxylic acid groups (broad SMARTS) is 1. The first kappa shape index (κ1) is 30.8. The topological polar surface area (TPSA) is 154 Å². The van der Waals surface area contributed by atoms with Crippen LogP contribution in [0.1, 0.15) is 32.3 Å². The number of hydrogen-bond acceptors (Lipinski definition) is 8. The Morgan fingerprint density at radius 1 is 1.12 bits per heavy atom. The van der Waals surface area contributed by atoms with Gasteiger partial charge >= 0.3 is 12.1 Å². The molecule has 0 spiro atoms. The molecular formula is C29H39N3O8S. The van der Waals surface area contributed by atoms with Crippen LogP contribution in [0.15, 0.2) is 59.5 Å². The first-order chi connectivity index (χ1) is 19.4. The molecular weight excluding hydrogens is 550 g/mol. The van der Waals surface area contributed by atoms with Crippen LogP contribution < -0.4 is 14.8 Å². The molecule has 2 fully saturated rings. The molecule has 1 unspecified atom stereocenters. The summed E-state index contributed by atoms with van der Waals surface area (Å²) in [6, 6.07) is 13.4. The number of esters is 1. The standard InChI is InChI=1S/C29H39N3O8S/c1-29(2)18-40-27(34)24(29)25(26(33)23(30-28(35)36)17-19-7-5-4-6-8-19)32-15-13-20(14-16-32)31-41(37,38)22-11-9-21(39-3)10-12-22/h4-12,20,23-26,30-31,33H,13-18H2,1-3H3,(H,35,36)/t23-,24?,25+,26+/m0/s1. The molecule has 41 heavy (non-hydrogen) atoms. The summed E-state index contributed by atoms with van der Waals surface area (Å²) in [6.07, 6.45) is -1.41. The lowest BCUT2D eigenvalue weighted by atomic mass is 9.73. The van der Waals surface area contributed by atoms with Crippen LogP contribution in [0.4, 0.5) is 4.79 Å². The SMILES string of the molecule is COc1ccc(S(=O)(=O)NC2CCN([C@H](C3C(=O)OCC3(C)C)[C@H](O)[C@H](Cc3ccccc3)NC(=O)O)CC2)cc1. The summed E-state index contributed by atoms with van der Waals surface area (Å²) in [4.78, 5) is 26.9. The number of aliphatic hydroxyl groups is 1. The van der Waals surface area contributed by atoms with Crippen LogP contribution in [-0.4, -0.2) is 86.6 Å². The van der Waals surface area contributed by atoms with Gasteiger partial charge in [0.2, 0.25) is 10.0 Å². The minimum Gasteiger partial charge on any atom is -0.497 e. The fraction of sp³-hybridized carbons (Fsp3) is 0.517. The monoisotopic (exact) mass is 589 g/mol. The van der Waals surface area contributed by atoms with Crippen LogP contribution >= 0.6 is 0 Å². The normalized spacial score (nSPS) is 22.0. The van der Waals surface area contributed by atoms with Crippen molar-refractivity contribution in [1.29, 1.82) is 0 Å². The van der Waals surface area contributed by atoms with Crippen molar-refractivity contribution < 1.29 is 37.7 Å². The van der Waals surface area contributed by atoms with Gasteiger partial charge in [0, 0.05) is 24.5 Å². The number of likely N-dealkylation sites (tertiary alicyclic amines) is 1. The third kappa shape index (κ3) is 7.37. The van der Waals surface area contributed by atoms with E-state index in [4.69, 9.17) is 9.47 Å². The van der Waals surface area contributed by atoms with E-state index in [1.54, 1.807) is 12.1 Å². The number of ether oxygens (including phenoxy) is 2. The molecule has 2 aliphatic rings. The fourth-order valence-electron chi connectivity index (χ4n) is 5.86. The summed E-state index contributed by atoms with van der Waals surface area (Å²) in [6.45, 7) is 4.77. The van der Waals surface area contributed by atoms with Gasteiger partial charge in [-0.25, -0.2) is 17.9 Å². The first-order valence-electron chi connectivity index (χ1n) is 13.7. The van der Waals surface area contributed by atoms with Crippen molar-refractivity contribution in [3.05, 3.63) is 60.2 Å². The van der Waals surface area contributed by atoms with Gasteiger partial charge in [-0.15, -0.1) is 0 Å². The Bertz CT molecular complexity index is 1300. The van der Waals surface area contributed by atoms with Crippen molar-refractivity contribution in [2.24, 2.45) is 11.3 Å². The van der Waals surface area contributed by atoms with Gasteiger partial charge in [-0.2, -0.15) is 0 Å². The maximum atomic E-state index is 13.0. The van der Waals surface area contributed by atoms with Crippen molar-refractivity contribution >= 4 is 22.1 Å². The quantitative estimate of drug-likeness (QED) is 0.289. The maximum absolute atomic E-state index is 13.0. The Kier molecular flexibility index (Phi) is 9.58. The van der Waals surface area contributed by atoms with Crippen LogP contribution in [0, 0.1) is 11.3 Å². The molecule has 0 aromatic heterocycles. The number of nitrogens with one attached hydrogen (secondary N) is 2. The molecule has 11 nitrogen and oxygen atoms in total. The van der Waals surface area contributed by atoms with Gasteiger partial charge in [-0.3, -0.25) is 9.69 Å². The van der Waals surface area contributed by atoms with Crippen molar-refractivity contribution in [1.82, 2.24) is 14.9 Å². The highest BCUT2D eigenvalue weighted by Gasteiger charge is 2.53. The molecule has 2 aliphatic heterocycles. The van der Waals surface area contributed by atoms with Gasteiger partial charge in [-0.05, 0) is 49.1 Å². The number of carbonyl (C=O) groups is 2. The fourth-order valence-corrected chi connectivity index (χ4v) is 7.17. The molecule has 0 aliphatic carbocycles. The number of amides is 1. The summed E-state index contributed by atoms with van der Waals surface area (Å²) in [5.41, 5.74) is 0.236.